The van der Waals surface area contributed by atoms with Gasteiger partial charge < -0.3 is 5.32 Å². The van der Waals surface area contributed by atoms with Crippen LogP contribution in [0.1, 0.15) is 41.3 Å². The summed E-state index contributed by atoms with van der Waals surface area (Å²) in [6.45, 7) is 3.98. The standard InChI is InChI=1S/C25H23ClN2O/c1-2-3-13-27-16-19-9-6-12-22-21-11-5-8-18(15-23(21)28-24(19)22)25(29)17-7-4-10-20(26)14-17/h4-12,14-15,27H,2-3,13,16H2,1H3. The molecule has 2 aliphatic rings. The van der Waals surface area contributed by atoms with Crippen LogP contribution in [0.4, 0.5) is 0 Å². The number of carbonyl (C=O) groups excluding carboxylic acids is 1. The summed E-state index contributed by atoms with van der Waals surface area (Å²) in [5, 5.41) is 5.17. The van der Waals surface area contributed by atoms with Crippen LogP contribution in [0.15, 0.2) is 66.7 Å². The average Bonchev–Trinajstić information content (AvgIpc) is 2.94. The highest BCUT2D eigenvalue weighted by Crippen LogP contribution is 2.33. The number of hydrogen-bond acceptors (Lipinski definition) is 3. The zero-order valence-electron chi connectivity index (χ0n) is 16.4. The van der Waals surface area contributed by atoms with Crippen LogP contribution in [0.2, 0.25) is 5.02 Å². The first kappa shape index (κ1) is 19.6. The lowest BCUT2D eigenvalue weighted by molar-refractivity contribution is 0.103. The van der Waals surface area contributed by atoms with E-state index in [-0.39, 0.29) is 5.78 Å². The molecule has 1 aliphatic carbocycles. The number of nitrogens with zero attached hydrogens (tertiary/aromatic N) is 1. The minimum absolute atomic E-state index is 0.0569. The first-order chi connectivity index (χ1) is 14.2. The van der Waals surface area contributed by atoms with Crippen LogP contribution in [0, 0.1) is 0 Å². The van der Waals surface area contributed by atoms with E-state index < -0.39 is 0 Å². The summed E-state index contributed by atoms with van der Waals surface area (Å²) in [4.78, 5) is 17.9. The normalized spacial score (nSPS) is 11.2. The van der Waals surface area contributed by atoms with E-state index in [0.717, 1.165) is 41.7 Å². The number of carbonyl (C=O) groups is 1. The predicted octanol–water partition coefficient (Wildman–Crippen LogP) is 6.11. The van der Waals surface area contributed by atoms with Crippen molar-refractivity contribution >= 4 is 28.3 Å². The van der Waals surface area contributed by atoms with Gasteiger partial charge in [0.1, 0.15) is 0 Å². The van der Waals surface area contributed by atoms with E-state index in [2.05, 4.69) is 30.4 Å². The Balaban J connectivity index is 1.73. The van der Waals surface area contributed by atoms with E-state index >= 15 is 0 Å². The molecule has 0 spiro atoms. The van der Waals surface area contributed by atoms with Crippen molar-refractivity contribution in [3.05, 3.63) is 88.4 Å². The van der Waals surface area contributed by atoms with Gasteiger partial charge in [0.05, 0.1) is 11.2 Å². The van der Waals surface area contributed by atoms with E-state index in [1.165, 1.54) is 12.0 Å². The van der Waals surface area contributed by atoms with E-state index in [1.54, 1.807) is 24.3 Å². The molecule has 29 heavy (non-hydrogen) atoms. The van der Waals surface area contributed by atoms with Gasteiger partial charge in [0, 0.05) is 33.6 Å². The van der Waals surface area contributed by atoms with Crippen molar-refractivity contribution in [2.45, 2.75) is 26.3 Å². The third-order valence-electron chi connectivity index (χ3n) is 5.12. The van der Waals surface area contributed by atoms with Gasteiger partial charge in [-0.2, -0.15) is 0 Å². The zero-order valence-corrected chi connectivity index (χ0v) is 17.2. The molecular formula is C25H23ClN2O. The van der Waals surface area contributed by atoms with Crippen LogP contribution in [0.5, 0.6) is 0 Å². The largest absolute Gasteiger partial charge is 0.313 e. The number of aromatic nitrogens is 1. The van der Waals surface area contributed by atoms with Crippen LogP contribution in [0.25, 0.3) is 22.2 Å². The molecule has 1 N–H and O–H groups in total. The SMILES string of the molecule is CCCCNCc1cccc2c3cccc(C(=O)c4cccc(Cl)c4)cc-3nc12. The van der Waals surface area contributed by atoms with E-state index in [0.29, 0.717) is 16.1 Å². The van der Waals surface area contributed by atoms with Crippen LogP contribution in [-0.2, 0) is 6.54 Å². The topological polar surface area (TPSA) is 42.0 Å². The highest BCUT2D eigenvalue weighted by atomic mass is 35.5. The maximum atomic E-state index is 13.0. The van der Waals surface area contributed by atoms with Gasteiger partial charge in [-0.1, -0.05) is 73.5 Å². The zero-order chi connectivity index (χ0) is 20.2. The second-order valence-electron chi connectivity index (χ2n) is 7.22. The summed E-state index contributed by atoms with van der Waals surface area (Å²) in [5.74, 6) is -0.0569. The Hall–Kier alpha value is -2.75. The molecule has 1 aliphatic heterocycles. The Kier molecular flexibility index (Phi) is 5.89. The van der Waals surface area contributed by atoms with E-state index in [1.807, 2.05) is 24.3 Å². The molecule has 0 saturated carbocycles. The number of benzene rings is 2. The fourth-order valence-electron chi connectivity index (χ4n) is 3.59. The molecule has 0 fully saturated rings. The monoisotopic (exact) mass is 402 g/mol. The smallest absolute Gasteiger partial charge is 0.193 e. The fourth-order valence-corrected chi connectivity index (χ4v) is 3.78. The summed E-state index contributed by atoms with van der Waals surface area (Å²) < 4.78 is 0. The number of unbranched alkanes of at least 4 members (excludes halogenated alkanes) is 1. The van der Waals surface area contributed by atoms with Gasteiger partial charge in [-0.3, -0.25) is 4.79 Å². The molecule has 2 aromatic carbocycles. The van der Waals surface area contributed by atoms with Crippen molar-refractivity contribution in [2.24, 2.45) is 0 Å². The molecule has 0 amide bonds. The van der Waals surface area contributed by atoms with Gasteiger partial charge in [0.15, 0.2) is 5.78 Å². The van der Waals surface area contributed by atoms with Crippen LogP contribution in [0.3, 0.4) is 0 Å². The molecule has 4 heteroatoms. The average molecular weight is 403 g/mol. The summed E-state index contributed by atoms with van der Waals surface area (Å²) in [5.41, 5.74) is 5.25. The first-order valence-electron chi connectivity index (χ1n) is 9.99. The molecule has 0 unspecified atom stereocenters. The molecule has 0 saturated heterocycles. The van der Waals surface area contributed by atoms with Gasteiger partial charge in [-0.05, 0) is 36.7 Å². The lowest BCUT2D eigenvalue weighted by Crippen LogP contribution is -2.14. The maximum Gasteiger partial charge on any atom is 0.193 e. The molecule has 0 radical (unpaired) electrons. The minimum Gasteiger partial charge on any atom is -0.313 e. The Morgan fingerprint density at radius 1 is 1.00 bits per heavy atom. The molecule has 4 rings (SSSR count). The number of rotatable bonds is 7. The summed E-state index contributed by atoms with van der Waals surface area (Å²) in [6, 6.07) is 21.0. The lowest BCUT2D eigenvalue weighted by atomic mass is 10.0. The van der Waals surface area contributed by atoms with E-state index in [9.17, 15) is 4.79 Å². The maximum absolute atomic E-state index is 13.0. The first-order valence-corrected chi connectivity index (χ1v) is 10.4. The van der Waals surface area contributed by atoms with Crippen molar-refractivity contribution in [3.8, 4) is 11.3 Å². The molecular weight excluding hydrogens is 380 g/mol. The Morgan fingerprint density at radius 2 is 1.76 bits per heavy atom. The van der Waals surface area contributed by atoms with Crippen molar-refractivity contribution in [1.29, 1.82) is 0 Å². The molecule has 0 aromatic heterocycles. The third kappa shape index (κ3) is 4.16. The summed E-state index contributed by atoms with van der Waals surface area (Å²) in [7, 11) is 0. The van der Waals surface area contributed by atoms with Gasteiger partial charge >= 0.3 is 0 Å². The van der Waals surface area contributed by atoms with Gasteiger partial charge in [-0.15, -0.1) is 0 Å². The highest BCUT2D eigenvalue weighted by molar-refractivity contribution is 6.31. The molecule has 0 atom stereocenters. The minimum atomic E-state index is -0.0569. The van der Waals surface area contributed by atoms with Crippen LogP contribution >= 0.6 is 11.6 Å². The number of hydrogen-bond donors (Lipinski definition) is 1. The quantitative estimate of drug-likeness (QED) is 0.299. The molecule has 2 aromatic rings. The van der Waals surface area contributed by atoms with E-state index in [4.69, 9.17) is 16.6 Å². The van der Waals surface area contributed by atoms with Crippen molar-refractivity contribution in [1.82, 2.24) is 10.3 Å². The Labute approximate surface area is 176 Å². The van der Waals surface area contributed by atoms with Crippen molar-refractivity contribution in [2.75, 3.05) is 6.54 Å². The number of para-hydroxylation sites is 1. The number of fused-ring (bicyclic) bond motifs is 3. The summed E-state index contributed by atoms with van der Waals surface area (Å²) >= 11 is 6.06. The van der Waals surface area contributed by atoms with Crippen LogP contribution in [-0.4, -0.2) is 17.3 Å². The second-order valence-corrected chi connectivity index (χ2v) is 7.66. The third-order valence-corrected chi connectivity index (χ3v) is 5.36. The Morgan fingerprint density at radius 3 is 2.55 bits per heavy atom. The molecule has 0 bridgehead atoms. The van der Waals surface area contributed by atoms with Crippen LogP contribution < -0.4 is 5.32 Å². The van der Waals surface area contributed by atoms with Crippen molar-refractivity contribution in [3.63, 3.8) is 0 Å². The van der Waals surface area contributed by atoms with Gasteiger partial charge in [-0.25, -0.2) is 4.98 Å². The lowest BCUT2D eigenvalue weighted by Gasteiger charge is -2.04. The van der Waals surface area contributed by atoms with Gasteiger partial charge in [0.25, 0.3) is 0 Å². The molecule has 3 nitrogen and oxygen atoms in total. The molecule has 1 heterocycles. The number of halogens is 1. The number of nitrogens with one attached hydrogen (secondary N) is 1. The van der Waals surface area contributed by atoms with Crippen molar-refractivity contribution < 1.29 is 4.79 Å². The number of ketones is 1. The predicted molar refractivity (Wildman–Crippen MR) is 120 cm³/mol. The van der Waals surface area contributed by atoms with Gasteiger partial charge in [0.2, 0.25) is 0 Å². The Bertz CT molecular complexity index is 1140. The molecule has 146 valence electrons. The summed E-state index contributed by atoms with van der Waals surface area (Å²) in [6.07, 6.45) is 2.34. The second kappa shape index (κ2) is 8.73. The fraction of sp³-hybridized carbons (Fsp3) is 0.200. The highest BCUT2D eigenvalue weighted by Gasteiger charge is 2.16.